The van der Waals surface area contributed by atoms with Crippen LogP contribution in [-0.2, 0) is 0 Å². The number of carbonyl (C=O) groups excluding carboxylic acids is 1. The normalized spacial score (nSPS) is 25.5. The molecule has 124 valence electrons. The summed E-state index contributed by atoms with van der Waals surface area (Å²) in [5.41, 5.74) is 7.13. The summed E-state index contributed by atoms with van der Waals surface area (Å²) in [5, 5.41) is 0. The lowest BCUT2D eigenvalue weighted by atomic mass is 9.87. The van der Waals surface area contributed by atoms with E-state index in [-0.39, 0.29) is 12.0 Å². The van der Waals surface area contributed by atoms with E-state index in [9.17, 15) is 4.79 Å². The summed E-state index contributed by atoms with van der Waals surface area (Å²) < 4.78 is 6.17. The van der Waals surface area contributed by atoms with Crippen LogP contribution in [0, 0.1) is 5.92 Å². The minimum Gasteiger partial charge on any atom is -0.490 e. The topological polar surface area (TPSA) is 68.5 Å². The first-order valence-electron chi connectivity index (χ1n) is 8.44. The molecule has 1 amide bonds. The summed E-state index contributed by atoms with van der Waals surface area (Å²) in [6.45, 7) is 0.762. The van der Waals surface area contributed by atoms with Gasteiger partial charge in [0, 0.05) is 36.6 Å². The lowest BCUT2D eigenvalue weighted by molar-refractivity contribution is 0.0731. The first-order valence-corrected chi connectivity index (χ1v) is 8.44. The van der Waals surface area contributed by atoms with Crippen molar-refractivity contribution in [3.8, 4) is 5.75 Å². The summed E-state index contributed by atoms with van der Waals surface area (Å²) in [4.78, 5) is 18.8. The Kier molecular flexibility index (Phi) is 3.84. The number of nitrogens with two attached hydrogens (primary N) is 1. The number of amides is 1. The van der Waals surface area contributed by atoms with Gasteiger partial charge in [-0.25, -0.2) is 0 Å². The summed E-state index contributed by atoms with van der Waals surface area (Å²) in [6, 6.07) is 11.5. The molecule has 2 fully saturated rings. The number of fused-ring (bicyclic) bond motifs is 2. The molecule has 1 saturated heterocycles. The summed E-state index contributed by atoms with van der Waals surface area (Å²) >= 11 is 0. The van der Waals surface area contributed by atoms with Gasteiger partial charge < -0.3 is 15.4 Å². The molecule has 2 heterocycles. The summed E-state index contributed by atoms with van der Waals surface area (Å²) in [5.74, 6) is 1.33. The van der Waals surface area contributed by atoms with Crippen LogP contribution in [0.2, 0.25) is 0 Å². The Hall–Kier alpha value is -2.56. The van der Waals surface area contributed by atoms with Gasteiger partial charge in [0.2, 0.25) is 0 Å². The maximum Gasteiger partial charge on any atom is 0.255 e. The molecule has 0 radical (unpaired) electrons. The Morgan fingerprint density at radius 1 is 1.21 bits per heavy atom. The molecular weight excluding hydrogens is 302 g/mol. The summed E-state index contributed by atoms with van der Waals surface area (Å²) in [7, 11) is 0. The number of hydrogen-bond acceptors (Lipinski definition) is 4. The Balaban J connectivity index is 1.45. The van der Waals surface area contributed by atoms with Crippen molar-refractivity contribution < 1.29 is 9.53 Å². The van der Waals surface area contributed by atoms with Crippen LogP contribution in [0.5, 0.6) is 5.75 Å². The molecule has 5 heteroatoms. The van der Waals surface area contributed by atoms with E-state index in [2.05, 4.69) is 4.98 Å². The molecule has 0 spiro atoms. The van der Waals surface area contributed by atoms with Crippen molar-refractivity contribution in [2.75, 3.05) is 12.3 Å². The molecule has 3 atom stereocenters. The minimum absolute atomic E-state index is 0.0868. The Morgan fingerprint density at radius 3 is 2.79 bits per heavy atom. The molecule has 2 N–H and O–H groups in total. The zero-order valence-corrected chi connectivity index (χ0v) is 13.5. The van der Waals surface area contributed by atoms with E-state index in [0.717, 1.165) is 37.2 Å². The number of benzene rings is 1. The first kappa shape index (κ1) is 15.0. The van der Waals surface area contributed by atoms with Crippen molar-refractivity contribution in [1.82, 2.24) is 9.88 Å². The highest BCUT2D eigenvalue weighted by Gasteiger charge is 2.43. The number of ether oxygens (including phenoxy) is 1. The van der Waals surface area contributed by atoms with Crippen molar-refractivity contribution in [2.24, 2.45) is 5.92 Å². The SMILES string of the molecule is Nc1ccc(OC2CCC3CC2CN3C(=O)c2cccnc2)cc1. The number of likely N-dealkylation sites (tertiary alicyclic amines) is 1. The van der Waals surface area contributed by atoms with Crippen LogP contribution >= 0.6 is 0 Å². The van der Waals surface area contributed by atoms with Crippen LogP contribution in [0.3, 0.4) is 0 Å². The molecule has 3 unspecified atom stereocenters. The quantitative estimate of drug-likeness (QED) is 0.882. The fourth-order valence-corrected chi connectivity index (χ4v) is 3.87. The predicted octanol–water partition coefficient (Wildman–Crippen LogP) is 2.74. The zero-order valence-electron chi connectivity index (χ0n) is 13.5. The fourth-order valence-electron chi connectivity index (χ4n) is 3.87. The van der Waals surface area contributed by atoms with Crippen molar-refractivity contribution in [2.45, 2.75) is 31.4 Å². The van der Waals surface area contributed by atoms with E-state index in [4.69, 9.17) is 10.5 Å². The third-order valence-electron chi connectivity index (χ3n) is 5.09. The van der Waals surface area contributed by atoms with Crippen LogP contribution in [-0.4, -0.2) is 34.5 Å². The lowest BCUT2D eigenvalue weighted by Gasteiger charge is -2.29. The van der Waals surface area contributed by atoms with Crippen LogP contribution in [0.4, 0.5) is 5.69 Å². The molecule has 24 heavy (non-hydrogen) atoms. The third kappa shape index (κ3) is 2.82. The average molecular weight is 323 g/mol. The molecule has 1 aromatic heterocycles. The smallest absolute Gasteiger partial charge is 0.255 e. The van der Waals surface area contributed by atoms with Gasteiger partial charge in [-0.3, -0.25) is 9.78 Å². The van der Waals surface area contributed by atoms with E-state index >= 15 is 0 Å². The molecule has 2 aromatic rings. The van der Waals surface area contributed by atoms with E-state index in [0.29, 0.717) is 17.5 Å². The fraction of sp³-hybridized carbons (Fsp3) is 0.368. The largest absolute Gasteiger partial charge is 0.490 e. The molecule has 5 nitrogen and oxygen atoms in total. The second kappa shape index (κ2) is 6.15. The Morgan fingerprint density at radius 2 is 2.04 bits per heavy atom. The van der Waals surface area contributed by atoms with Crippen LogP contribution < -0.4 is 10.5 Å². The molecule has 4 rings (SSSR count). The molecule has 1 aliphatic carbocycles. The predicted molar refractivity (Wildman–Crippen MR) is 91.7 cm³/mol. The van der Waals surface area contributed by atoms with Gasteiger partial charge in [0.25, 0.3) is 5.91 Å². The van der Waals surface area contributed by atoms with E-state index in [1.165, 1.54) is 0 Å². The van der Waals surface area contributed by atoms with Crippen LogP contribution in [0.25, 0.3) is 0 Å². The Labute approximate surface area is 141 Å². The number of aromatic nitrogens is 1. The number of pyridine rings is 1. The molecular formula is C19H21N3O2. The van der Waals surface area contributed by atoms with Crippen LogP contribution in [0.1, 0.15) is 29.6 Å². The molecule has 1 aromatic carbocycles. The van der Waals surface area contributed by atoms with E-state index in [1.54, 1.807) is 12.4 Å². The lowest BCUT2D eigenvalue weighted by Crippen LogP contribution is -2.35. The number of nitrogens with zero attached hydrogens (tertiary/aromatic N) is 2. The second-order valence-electron chi connectivity index (χ2n) is 6.65. The van der Waals surface area contributed by atoms with Gasteiger partial charge in [-0.15, -0.1) is 0 Å². The van der Waals surface area contributed by atoms with Crippen molar-refractivity contribution >= 4 is 11.6 Å². The third-order valence-corrected chi connectivity index (χ3v) is 5.09. The second-order valence-corrected chi connectivity index (χ2v) is 6.65. The van der Waals surface area contributed by atoms with E-state index in [1.807, 2.05) is 41.3 Å². The number of carbonyl (C=O) groups is 1. The molecule has 2 aliphatic rings. The van der Waals surface area contributed by atoms with Crippen molar-refractivity contribution in [3.05, 3.63) is 54.4 Å². The van der Waals surface area contributed by atoms with Gasteiger partial charge in [0.05, 0.1) is 5.56 Å². The first-order chi connectivity index (χ1) is 11.7. The maximum atomic E-state index is 12.7. The number of hydrogen-bond donors (Lipinski definition) is 1. The van der Waals surface area contributed by atoms with Crippen LogP contribution in [0.15, 0.2) is 48.8 Å². The standard InChI is InChI=1S/C19H21N3O2/c20-15-3-6-17(7-4-15)24-18-8-5-16-10-14(18)12-22(16)19(23)13-2-1-9-21-11-13/h1-4,6-7,9,11,14,16,18H,5,8,10,12,20H2. The molecule has 1 aliphatic heterocycles. The van der Waals surface area contributed by atoms with Gasteiger partial charge in [0.15, 0.2) is 0 Å². The number of rotatable bonds is 3. The molecule has 2 bridgehead atoms. The minimum atomic E-state index is 0.0868. The van der Waals surface area contributed by atoms with Gasteiger partial charge in [0.1, 0.15) is 11.9 Å². The number of nitrogen functional groups attached to an aromatic ring is 1. The Bertz CT molecular complexity index is 717. The highest BCUT2D eigenvalue weighted by atomic mass is 16.5. The van der Waals surface area contributed by atoms with Crippen molar-refractivity contribution in [3.63, 3.8) is 0 Å². The zero-order chi connectivity index (χ0) is 16.5. The van der Waals surface area contributed by atoms with Gasteiger partial charge in [-0.1, -0.05) is 0 Å². The maximum absolute atomic E-state index is 12.7. The van der Waals surface area contributed by atoms with Crippen molar-refractivity contribution in [1.29, 1.82) is 0 Å². The highest BCUT2D eigenvalue weighted by molar-refractivity contribution is 5.94. The summed E-state index contributed by atoms with van der Waals surface area (Å²) in [6.07, 6.45) is 6.49. The van der Waals surface area contributed by atoms with Gasteiger partial charge in [-0.05, 0) is 55.7 Å². The highest BCUT2D eigenvalue weighted by Crippen LogP contribution is 2.38. The molecule has 1 saturated carbocycles. The van der Waals surface area contributed by atoms with Gasteiger partial charge in [-0.2, -0.15) is 0 Å². The number of anilines is 1. The monoisotopic (exact) mass is 323 g/mol. The average Bonchev–Trinajstić information content (AvgIpc) is 2.97. The van der Waals surface area contributed by atoms with Gasteiger partial charge >= 0.3 is 0 Å². The van der Waals surface area contributed by atoms with E-state index < -0.39 is 0 Å².